The third kappa shape index (κ3) is 5.55. The van der Waals surface area contributed by atoms with Gasteiger partial charge in [0.25, 0.3) is 0 Å². The van der Waals surface area contributed by atoms with Crippen LogP contribution >= 0.6 is 0 Å². The quantitative estimate of drug-likeness (QED) is 0.539. The van der Waals surface area contributed by atoms with Crippen LogP contribution < -0.4 is 14.2 Å². The molecule has 0 bridgehead atoms. The smallest absolute Gasteiger partial charge is 0.321 e. The molecular formula is C20H21NO7S. The van der Waals surface area contributed by atoms with Gasteiger partial charge in [-0.1, -0.05) is 17.7 Å². The van der Waals surface area contributed by atoms with E-state index in [-0.39, 0.29) is 4.90 Å². The van der Waals surface area contributed by atoms with Gasteiger partial charge in [0.05, 0.1) is 18.1 Å². The molecule has 0 radical (unpaired) electrons. The molecule has 1 aliphatic heterocycles. The molecule has 0 saturated carbocycles. The Kier molecular flexibility index (Phi) is 6.50. The largest absolute Gasteiger partial charge is 0.490 e. The molecule has 0 saturated heterocycles. The molecule has 0 spiro atoms. The van der Waals surface area contributed by atoms with Gasteiger partial charge in [-0.2, -0.15) is 4.72 Å². The minimum absolute atomic E-state index is 0.0409. The first-order chi connectivity index (χ1) is 13.8. The second-order valence-corrected chi connectivity index (χ2v) is 8.20. The van der Waals surface area contributed by atoms with Crippen molar-refractivity contribution in [2.75, 3.05) is 26.4 Å². The van der Waals surface area contributed by atoms with Gasteiger partial charge in [-0.3, -0.25) is 9.59 Å². The highest BCUT2D eigenvalue weighted by atomic mass is 32.2. The van der Waals surface area contributed by atoms with Crippen molar-refractivity contribution >= 4 is 21.8 Å². The van der Waals surface area contributed by atoms with E-state index in [0.717, 1.165) is 12.0 Å². The van der Waals surface area contributed by atoms with E-state index in [1.165, 1.54) is 18.2 Å². The number of benzene rings is 2. The Morgan fingerprint density at radius 3 is 2.45 bits per heavy atom. The highest BCUT2D eigenvalue weighted by molar-refractivity contribution is 7.89. The first kappa shape index (κ1) is 20.8. The Bertz CT molecular complexity index is 1000. The minimum Gasteiger partial charge on any atom is -0.490 e. The summed E-state index contributed by atoms with van der Waals surface area (Å²) in [5, 5.41) is 0. The number of carbonyl (C=O) groups excluding carboxylic acids is 2. The number of esters is 1. The molecule has 29 heavy (non-hydrogen) atoms. The molecule has 2 aromatic carbocycles. The number of hydrogen-bond acceptors (Lipinski definition) is 7. The van der Waals surface area contributed by atoms with E-state index in [1.54, 1.807) is 24.3 Å². The van der Waals surface area contributed by atoms with Crippen molar-refractivity contribution in [3.05, 3.63) is 53.6 Å². The zero-order valence-corrected chi connectivity index (χ0v) is 16.7. The normalized spacial score (nSPS) is 13.4. The molecule has 1 N–H and O–H groups in total. The lowest BCUT2D eigenvalue weighted by atomic mass is 10.1. The van der Waals surface area contributed by atoms with Crippen LogP contribution in [0, 0.1) is 6.92 Å². The number of nitrogens with one attached hydrogen (secondary N) is 1. The third-order valence-electron chi connectivity index (χ3n) is 4.17. The molecule has 0 aromatic heterocycles. The van der Waals surface area contributed by atoms with Crippen LogP contribution in [-0.2, 0) is 19.6 Å². The van der Waals surface area contributed by atoms with Crippen molar-refractivity contribution in [3.63, 3.8) is 0 Å². The summed E-state index contributed by atoms with van der Waals surface area (Å²) >= 11 is 0. The Morgan fingerprint density at radius 1 is 1.03 bits per heavy atom. The van der Waals surface area contributed by atoms with Gasteiger partial charge in [0.1, 0.15) is 6.54 Å². The predicted molar refractivity (Wildman–Crippen MR) is 104 cm³/mol. The number of hydrogen-bond donors (Lipinski definition) is 1. The first-order valence-corrected chi connectivity index (χ1v) is 10.5. The molecule has 0 atom stereocenters. The van der Waals surface area contributed by atoms with E-state index in [2.05, 4.69) is 4.72 Å². The van der Waals surface area contributed by atoms with Gasteiger partial charge in [-0.15, -0.1) is 0 Å². The third-order valence-corrected chi connectivity index (χ3v) is 5.59. The van der Waals surface area contributed by atoms with Gasteiger partial charge < -0.3 is 14.2 Å². The van der Waals surface area contributed by atoms with Crippen molar-refractivity contribution < 1.29 is 32.2 Å². The second kappa shape index (κ2) is 9.06. The minimum atomic E-state index is -3.84. The number of fused-ring (bicyclic) bond motifs is 1. The summed E-state index contributed by atoms with van der Waals surface area (Å²) < 4.78 is 42.4. The van der Waals surface area contributed by atoms with Gasteiger partial charge >= 0.3 is 5.97 Å². The van der Waals surface area contributed by atoms with Gasteiger partial charge in [0.2, 0.25) is 10.0 Å². The Morgan fingerprint density at radius 2 is 1.72 bits per heavy atom. The van der Waals surface area contributed by atoms with E-state index in [9.17, 15) is 18.0 Å². The fourth-order valence-corrected chi connectivity index (χ4v) is 3.54. The topological polar surface area (TPSA) is 108 Å². The molecular weight excluding hydrogens is 398 g/mol. The van der Waals surface area contributed by atoms with Gasteiger partial charge in [-0.25, -0.2) is 8.42 Å². The molecule has 154 valence electrons. The van der Waals surface area contributed by atoms with E-state index >= 15 is 0 Å². The van der Waals surface area contributed by atoms with E-state index in [1.807, 2.05) is 6.92 Å². The van der Waals surface area contributed by atoms with Crippen LogP contribution in [0.1, 0.15) is 22.3 Å². The summed E-state index contributed by atoms with van der Waals surface area (Å²) in [5.74, 6) is -0.272. The fraction of sp³-hybridized carbons (Fsp3) is 0.300. The number of ketones is 1. The molecule has 0 amide bonds. The molecule has 3 rings (SSSR count). The summed E-state index contributed by atoms with van der Waals surface area (Å²) in [6.07, 6.45) is 0.744. The number of aryl methyl sites for hydroxylation is 1. The maximum Gasteiger partial charge on any atom is 0.321 e. The molecule has 8 nitrogen and oxygen atoms in total. The summed E-state index contributed by atoms with van der Waals surface area (Å²) in [7, 11) is -3.84. The summed E-state index contributed by atoms with van der Waals surface area (Å²) in [4.78, 5) is 24.1. The Labute approximate surface area is 168 Å². The average Bonchev–Trinajstić information content (AvgIpc) is 2.95. The molecule has 0 unspecified atom stereocenters. The zero-order valence-electron chi connectivity index (χ0n) is 15.8. The number of sulfonamides is 1. The standard InChI is InChI=1S/C20H21NO7S/c1-14-3-6-16(7-4-14)29(24,25)21-12-20(23)28-13-17(22)15-5-8-18-19(11-15)27-10-2-9-26-18/h3-8,11,21H,2,9-10,12-13H2,1H3. The maximum atomic E-state index is 12.3. The zero-order chi connectivity index (χ0) is 20.9. The van der Waals surface area contributed by atoms with Gasteiger partial charge in [0.15, 0.2) is 23.9 Å². The van der Waals surface area contributed by atoms with Crippen LogP contribution in [0.25, 0.3) is 0 Å². The average molecular weight is 419 g/mol. The summed E-state index contributed by atoms with van der Waals surface area (Å²) in [6, 6.07) is 10.9. The van der Waals surface area contributed by atoms with Gasteiger partial charge in [-0.05, 0) is 37.3 Å². The summed E-state index contributed by atoms with van der Waals surface area (Å²) in [5.41, 5.74) is 1.22. The molecule has 2 aromatic rings. The molecule has 0 fully saturated rings. The van der Waals surface area contributed by atoms with E-state index < -0.39 is 34.9 Å². The maximum absolute atomic E-state index is 12.3. The lowest BCUT2D eigenvalue weighted by Gasteiger charge is -2.10. The van der Waals surface area contributed by atoms with Crippen LogP contribution in [0.15, 0.2) is 47.4 Å². The Hall–Kier alpha value is -2.91. The van der Waals surface area contributed by atoms with Crippen molar-refractivity contribution in [3.8, 4) is 11.5 Å². The summed E-state index contributed by atoms with van der Waals surface area (Å²) in [6.45, 7) is 1.77. The monoisotopic (exact) mass is 419 g/mol. The fourth-order valence-electron chi connectivity index (χ4n) is 2.57. The number of rotatable bonds is 7. The number of carbonyl (C=O) groups is 2. The van der Waals surface area contributed by atoms with E-state index in [0.29, 0.717) is 30.3 Å². The van der Waals surface area contributed by atoms with Crippen LogP contribution in [0.2, 0.25) is 0 Å². The SMILES string of the molecule is Cc1ccc(S(=O)(=O)NCC(=O)OCC(=O)c2ccc3c(c2)OCCCO3)cc1. The van der Waals surface area contributed by atoms with Crippen LogP contribution in [0.5, 0.6) is 11.5 Å². The Balaban J connectivity index is 1.52. The predicted octanol–water partition coefficient (Wildman–Crippen LogP) is 1.86. The second-order valence-electron chi connectivity index (χ2n) is 6.43. The van der Waals surface area contributed by atoms with Crippen LogP contribution in [0.3, 0.4) is 0 Å². The molecule has 1 heterocycles. The van der Waals surface area contributed by atoms with Crippen molar-refractivity contribution in [2.45, 2.75) is 18.2 Å². The highest BCUT2D eigenvalue weighted by Gasteiger charge is 2.18. The van der Waals surface area contributed by atoms with Crippen LogP contribution in [-0.4, -0.2) is 46.5 Å². The lowest BCUT2D eigenvalue weighted by Crippen LogP contribution is -2.31. The van der Waals surface area contributed by atoms with E-state index in [4.69, 9.17) is 14.2 Å². The molecule has 0 aliphatic carbocycles. The highest BCUT2D eigenvalue weighted by Crippen LogP contribution is 2.30. The number of Topliss-reactive ketones (excluding diaryl/α,β-unsaturated/α-hetero) is 1. The van der Waals surface area contributed by atoms with Gasteiger partial charge in [0, 0.05) is 12.0 Å². The lowest BCUT2D eigenvalue weighted by molar-refractivity contribution is -0.141. The first-order valence-electron chi connectivity index (χ1n) is 9.00. The van der Waals surface area contributed by atoms with Crippen molar-refractivity contribution in [1.82, 2.24) is 4.72 Å². The van der Waals surface area contributed by atoms with Crippen molar-refractivity contribution in [1.29, 1.82) is 0 Å². The number of ether oxygens (including phenoxy) is 3. The van der Waals surface area contributed by atoms with Crippen molar-refractivity contribution in [2.24, 2.45) is 0 Å². The molecule has 1 aliphatic rings. The van der Waals surface area contributed by atoms with Crippen LogP contribution in [0.4, 0.5) is 0 Å². The molecule has 9 heteroatoms.